The standard InChI is InChI=1S/C19H25N3O4S2/c1-13-5-6-14(28(24,25)22-7-9-26-10-8-22)11-15(13)17(23)21-18-20-16(12-27-18)19(2,3)4/h5-6,11-12H,7-10H2,1-4H3,(H,20,21,23). The zero-order chi connectivity index (χ0) is 20.5. The summed E-state index contributed by atoms with van der Waals surface area (Å²) >= 11 is 1.35. The number of amides is 1. The molecule has 1 aliphatic heterocycles. The number of aryl methyl sites for hydroxylation is 1. The lowest BCUT2D eigenvalue weighted by Gasteiger charge is -2.26. The molecule has 2 aromatic rings. The lowest BCUT2D eigenvalue weighted by molar-refractivity contribution is 0.0730. The van der Waals surface area contributed by atoms with Crippen LogP contribution in [0, 0.1) is 6.92 Å². The second-order valence-electron chi connectivity index (χ2n) is 7.74. The van der Waals surface area contributed by atoms with Gasteiger partial charge in [-0.15, -0.1) is 11.3 Å². The van der Waals surface area contributed by atoms with E-state index in [1.807, 2.05) is 5.38 Å². The van der Waals surface area contributed by atoms with Crippen molar-refractivity contribution in [2.24, 2.45) is 0 Å². The van der Waals surface area contributed by atoms with Crippen molar-refractivity contribution in [3.8, 4) is 0 Å². The van der Waals surface area contributed by atoms with Gasteiger partial charge in [-0.2, -0.15) is 4.31 Å². The molecule has 1 aromatic heterocycles. The van der Waals surface area contributed by atoms with Crippen molar-refractivity contribution >= 4 is 32.4 Å². The van der Waals surface area contributed by atoms with Crippen molar-refractivity contribution in [2.75, 3.05) is 31.6 Å². The zero-order valence-electron chi connectivity index (χ0n) is 16.5. The minimum absolute atomic E-state index is 0.110. The molecule has 0 aliphatic carbocycles. The van der Waals surface area contributed by atoms with Crippen molar-refractivity contribution in [2.45, 2.75) is 38.0 Å². The largest absolute Gasteiger partial charge is 0.379 e. The summed E-state index contributed by atoms with van der Waals surface area (Å²) in [6.07, 6.45) is 0. The van der Waals surface area contributed by atoms with Gasteiger partial charge >= 0.3 is 0 Å². The summed E-state index contributed by atoms with van der Waals surface area (Å²) in [5.74, 6) is -0.369. The zero-order valence-corrected chi connectivity index (χ0v) is 18.1. The van der Waals surface area contributed by atoms with Gasteiger partial charge in [0.15, 0.2) is 5.13 Å². The molecule has 152 valence electrons. The molecule has 7 nitrogen and oxygen atoms in total. The predicted molar refractivity (Wildman–Crippen MR) is 110 cm³/mol. The van der Waals surface area contributed by atoms with Gasteiger partial charge in [0.2, 0.25) is 10.0 Å². The first-order valence-electron chi connectivity index (χ1n) is 9.05. The number of aromatic nitrogens is 1. The molecule has 0 bridgehead atoms. The molecule has 1 saturated heterocycles. The number of nitrogens with zero attached hydrogens (tertiary/aromatic N) is 2. The summed E-state index contributed by atoms with van der Waals surface area (Å²) in [5.41, 5.74) is 1.81. The van der Waals surface area contributed by atoms with Gasteiger partial charge in [-0.05, 0) is 24.6 Å². The molecular weight excluding hydrogens is 398 g/mol. The molecule has 1 aromatic carbocycles. The van der Waals surface area contributed by atoms with E-state index in [1.165, 1.54) is 27.8 Å². The number of ether oxygens (including phenoxy) is 1. The monoisotopic (exact) mass is 423 g/mol. The van der Waals surface area contributed by atoms with Crippen molar-refractivity contribution in [3.05, 3.63) is 40.4 Å². The molecule has 0 atom stereocenters. The first-order valence-corrected chi connectivity index (χ1v) is 11.4. The minimum atomic E-state index is -3.66. The van der Waals surface area contributed by atoms with Gasteiger partial charge in [-0.3, -0.25) is 10.1 Å². The van der Waals surface area contributed by atoms with Crippen LogP contribution in [-0.4, -0.2) is 49.9 Å². The molecule has 1 N–H and O–H groups in total. The summed E-state index contributed by atoms with van der Waals surface area (Å²) in [6, 6.07) is 4.64. The van der Waals surface area contributed by atoms with E-state index < -0.39 is 10.0 Å². The normalized spacial score (nSPS) is 16.1. The Kier molecular flexibility index (Phi) is 5.90. The number of hydrogen-bond acceptors (Lipinski definition) is 6. The molecular formula is C19H25N3O4S2. The third-order valence-corrected chi connectivity index (χ3v) is 7.21. The Morgan fingerprint density at radius 3 is 2.54 bits per heavy atom. The van der Waals surface area contributed by atoms with Crippen LogP contribution in [0.5, 0.6) is 0 Å². The maximum Gasteiger partial charge on any atom is 0.257 e. The molecule has 0 unspecified atom stereocenters. The van der Waals surface area contributed by atoms with Crippen molar-refractivity contribution in [1.82, 2.24) is 9.29 Å². The first kappa shape index (κ1) is 20.9. The average Bonchev–Trinajstić information content (AvgIpc) is 3.11. The lowest BCUT2D eigenvalue weighted by atomic mass is 9.93. The van der Waals surface area contributed by atoms with Gasteiger partial charge in [-0.1, -0.05) is 26.8 Å². The fourth-order valence-electron chi connectivity index (χ4n) is 2.78. The van der Waals surface area contributed by atoms with Crippen molar-refractivity contribution in [3.63, 3.8) is 0 Å². The highest BCUT2D eigenvalue weighted by Crippen LogP contribution is 2.27. The third-order valence-electron chi connectivity index (χ3n) is 4.55. The summed E-state index contributed by atoms with van der Waals surface area (Å²) in [7, 11) is -3.66. The highest BCUT2D eigenvalue weighted by molar-refractivity contribution is 7.89. The first-order chi connectivity index (χ1) is 13.1. The summed E-state index contributed by atoms with van der Waals surface area (Å²) < 4.78 is 32.4. The molecule has 3 rings (SSSR count). The second-order valence-corrected chi connectivity index (χ2v) is 10.5. The van der Waals surface area contributed by atoms with Gasteiger partial charge in [0.05, 0.1) is 23.8 Å². The fourth-order valence-corrected chi connectivity index (χ4v) is 5.15. The summed E-state index contributed by atoms with van der Waals surface area (Å²) in [4.78, 5) is 17.4. The van der Waals surface area contributed by atoms with Crippen LogP contribution < -0.4 is 5.32 Å². The number of nitrogens with one attached hydrogen (secondary N) is 1. The maximum absolute atomic E-state index is 12.9. The summed E-state index contributed by atoms with van der Waals surface area (Å²) in [5, 5.41) is 5.20. The van der Waals surface area contributed by atoms with Crippen LogP contribution in [0.2, 0.25) is 0 Å². The Morgan fingerprint density at radius 1 is 1.25 bits per heavy atom. The van der Waals surface area contributed by atoms with Crippen LogP contribution in [0.1, 0.15) is 42.4 Å². The minimum Gasteiger partial charge on any atom is -0.379 e. The van der Waals surface area contributed by atoms with E-state index in [0.717, 1.165) is 5.69 Å². The van der Waals surface area contributed by atoms with Gasteiger partial charge in [0.1, 0.15) is 0 Å². The third kappa shape index (κ3) is 4.43. The van der Waals surface area contributed by atoms with Crippen LogP contribution in [0.25, 0.3) is 0 Å². The molecule has 28 heavy (non-hydrogen) atoms. The predicted octanol–water partition coefficient (Wildman–Crippen LogP) is 3.02. The highest BCUT2D eigenvalue weighted by Gasteiger charge is 2.27. The Bertz CT molecular complexity index is 971. The average molecular weight is 424 g/mol. The fraction of sp³-hybridized carbons (Fsp3) is 0.474. The van der Waals surface area contributed by atoms with Crippen LogP contribution in [0.4, 0.5) is 5.13 Å². The Labute approximate surface area is 169 Å². The topological polar surface area (TPSA) is 88.6 Å². The smallest absolute Gasteiger partial charge is 0.257 e. The second kappa shape index (κ2) is 7.90. The highest BCUT2D eigenvalue weighted by atomic mass is 32.2. The number of sulfonamides is 1. The molecule has 1 aliphatic rings. The van der Waals surface area contributed by atoms with Crippen molar-refractivity contribution in [1.29, 1.82) is 0 Å². The number of hydrogen-bond donors (Lipinski definition) is 1. The molecule has 0 saturated carbocycles. The van der Waals surface area contributed by atoms with Gasteiger partial charge in [0, 0.05) is 29.4 Å². The Balaban J connectivity index is 1.85. The van der Waals surface area contributed by atoms with Crippen molar-refractivity contribution < 1.29 is 17.9 Å². The molecule has 0 spiro atoms. The Morgan fingerprint density at radius 2 is 1.93 bits per heavy atom. The van der Waals surface area contributed by atoms with Crippen LogP contribution in [0.3, 0.4) is 0 Å². The number of thiazole rings is 1. The number of rotatable bonds is 4. The van der Waals surface area contributed by atoms with E-state index in [-0.39, 0.29) is 16.2 Å². The van der Waals surface area contributed by atoms with Crippen LogP contribution >= 0.6 is 11.3 Å². The van der Waals surface area contributed by atoms with Gasteiger partial charge < -0.3 is 4.74 Å². The molecule has 0 radical (unpaired) electrons. The number of morpholine rings is 1. The molecule has 1 amide bonds. The Hall–Kier alpha value is -1.81. The van der Waals surface area contributed by atoms with Gasteiger partial charge in [0.25, 0.3) is 5.91 Å². The van der Waals surface area contributed by atoms with E-state index in [9.17, 15) is 13.2 Å². The van der Waals surface area contributed by atoms with Gasteiger partial charge in [-0.25, -0.2) is 13.4 Å². The SMILES string of the molecule is Cc1ccc(S(=O)(=O)N2CCOCC2)cc1C(=O)Nc1nc(C(C)(C)C)cs1. The maximum atomic E-state index is 12.9. The van der Waals surface area contributed by atoms with E-state index in [0.29, 0.717) is 42.6 Å². The molecule has 2 heterocycles. The number of carbonyl (C=O) groups excluding carboxylic acids is 1. The number of benzene rings is 1. The van der Waals surface area contributed by atoms with Crippen LogP contribution in [-0.2, 0) is 20.2 Å². The van der Waals surface area contributed by atoms with E-state index in [1.54, 1.807) is 13.0 Å². The quantitative estimate of drug-likeness (QED) is 0.817. The molecule has 1 fully saturated rings. The lowest BCUT2D eigenvalue weighted by Crippen LogP contribution is -2.40. The van der Waals surface area contributed by atoms with Crippen LogP contribution in [0.15, 0.2) is 28.5 Å². The van der Waals surface area contributed by atoms with E-state index in [2.05, 4.69) is 31.1 Å². The molecule has 9 heteroatoms. The van der Waals surface area contributed by atoms with E-state index in [4.69, 9.17) is 4.74 Å². The summed E-state index contributed by atoms with van der Waals surface area (Å²) in [6.45, 7) is 9.31. The number of anilines is 1. The number of carbonyl (C=O) groups is 1. The van der Waals surface area contributed by atoms with E-state index >= 15 is 0 Å².